The number of rotatable bonds is 8. The number of carbonyl (C=O) groups is 2. The van der Waals surface area contributed by atoms with Gasteiger partial charge in [0.2, 0.25) is 0 Å². The van der Waals surface area contributed by atoms with E-state index < -0.39 is 68.7 Å². The van der Waals surface area contributed by atoms with Crippen molar-refractivity contribution in [2.24, 2.45) is 28.6 Å². The Morgan fingerprint density at radius 3 is 2.37 bits per heavy atom. The molecule has 10 heteroatoms. The maximum absolute atomic E-state index is 17.3. The highest BCUT2D eigenvalue weighted by atomic mass is 32.2. The average Bonchev–Trinajstić information content (AvgIpc) is 3.06. The first-order valence-corrected chi connectivity index (χ1v) is 15.2. The molecule has 0 amide bonds. The second kappa shape index (κ2) is 9.29. The van der Waals surface area contributed by atoms with Gasteiger partial charge in [-0.3, -0.25) is 9.59 Å². The first kappa shape index (κ1) is 29.5. The van der Waals surface area contributed by atoms with Gasteiger partial charge in [0.1, 0.15) is 12.2 Å². The molecule has 4 aliphatic carbocycles. The topological polar surface area (TPSA) is 118 Å². The summed E-state index contributed by atoms with van der Waals surface area (Å²) < 4.78 is 48.4. The molecule has 0 aliphatic heterocycles. The Hall–Kier alpha value is -1.46. The lowest BCUT2D eigenvalue weighted by Gasteiger charge is -2.62. The van der Waals surface area contributed by atoms with E-state index in [2.05, 4.69) is 0 Å². The summed E-state index contributed by atoms with van der Waals surface area (Å²) in [4.78, 5) is 25.7. The number of allylic oxidation sites excluding steroid dienone is 4. The van der Waals surface area contributed by atoms with Gasteiger partial charge in [-0.1, -0.05) is 25.5 Å². The second-order valence-corrected chi connectivity index (χ2v) is 14.2. The monoisotopic (exact) mass is 556 g/mol. The summed E-state index contributed by atoms with van der Waals surface area (Å²) in [6, 6.07) is 0. The minimum absolute atomic E-state index is 0.173. The van der Waals surface area contributed by atoms with E-state index in [0.717, 1.165) is 0 Å². The third-order valence-corrected chi connectivity index (χ3v) is 13.3. The van der Waals surface area contributed by atoms with E-state index in [1.54, 1.807) is 47.6 Å². The van der Waals surface area contributed by atoms with E-state index in [-0.39, 0.29) is 35.7 Å². The number of fused-ring (bicyclic) bond motifs is 5. The predicted molar refractivity (Wildman–Crippen MR) is 140 cm³/mol. The van der Waals surface area contributed by atoms with Gasteiger partial charge < -0.3 is 10.2 Å². The molecular formula is C28H43FNO7S+. The number of quaternary nitrogens is 1. The van der Waals surface area contributed by atoms with Crippen LogP contribution in [0.4, 0.5) is 4.39 Å². The van der Waals surface area contributed by atoms with Crippen molar-refractivity contribution in [2.75, 3.05) is 26.2 Å². The van der Waals surface area contributed by atoms with Crippen LogP contribution in [0, 0.1) is 28.6 Å². The fourth-order valence-electron chi connectivity index (χ4n) is 8.64. The van der Waals surface area contributed by atoms with Crippen LogP contribution in [-0.4, -0.2) is 77.7 Å². The van der Waals surface area contributed by atoms with Crippen LogP contribution in [0.15, 0.2) is 23.8 Å². The minimum Gasteiger partial charge on any atom is -0.390 e. The van der Waals surface area contributed by atoms with Crippen LogP contribution in [0.1, 0.15) is 67.2 Å². The average molecular weight is 557 g/mol. The Morgan fingerprint density at radius 2 is 1.79 bits per heavy atom. The number of halogens is 1. The summed E-state index contributed by atoms with van der Waals surface area (Å²) in [5.41, 5.74) is -5.77. The number of hydrogen-bond acceptors (Lipinski definition) is 7. The summed E-state index contributed by atoms with van der Waals surface area (Å²) >= 11 is 0. The van der Waals surface area contributed by atoms with Crippen molar-refractivity contribution >= 4 is 21.9 Å². The standard InChI is InChI=1S/C28H43FNO7S/c1-7-30(8-2,9-3)38(35,36)37-17-24(33)28(34)18(4)14-22-21-11-10-19-15-20(31)12-13-25(19,5)27(21,29)23(32)16-26(22,28)6/h12-13,15,18,21-23,32,34H,7-11,14,16-17H2,1-6H3/q+1/t18-,21+,22+,23+,25+,26+,27+,28+/m1/s1. The van der Waals surface area contributed by atoms with Crippen LogP contribution in [0.25, 0.3) is 0 Å². The predicted octanol–water partition coefficient (Wildman–Crippen LogP) is 3.04. The van der Waals surface area contributed by atoms with Crippen molar-refractivity contribution in [3.8, 4) is 0 Å². The fraction of sp³-hybridized carbons (Fsp3) is 0.786. The van der Waals surface area contributed by atoms with Crippen molar-refractivity contribution in [1.82, 2.24) is 0 Å². The number of aliphatic hydroxyl groups is 2. The molecule has 0 aromatic carbocycles. The van der Waals surface area contributed by atoms with Gasteiger partial charge >= 0.3 is 10.3 Å². The lowest BCUT2D eigenvalue weighted by Crippen LogP contribution is -2.69. The molecule has 0 saturated heterocycles. The van der Waals surface area contributed by atoms with E-state index in [1.165, 1.54) is 12.2 Å². The molecule has 8 nitrogen and oxygen atoms in total. The van der Waals surface area contributed by atoms with E-state index >= 15 is 4.39 Å². The molecule has 2 N–H and O–H groups in total. The lowest BCUT2D eigenvalue weighted by atomic mass is 9.44. The molecule has 8 atom stereocenters. The molecule has 38 heavy (non-hydrogen) atoms. The molecule has 0 aromatic rings. The molecule has 3 fully saturated rings. The van der Waals surface area contributed by atoms with Crippen LogP contribution < -0.4 is 0 Å². The third-order valence-electron chi connectivity index (χ3n) is 11.2. The smallest absolute Gasteiger partial charge is 0.390 e. The van der Waals surface area contributed by atoms with Crippen molar-refractivity contribution in [3.63, 3.8) is 0 Å². The summed E-state index contributed by atoms with van der Waals surface area (Å²) in [7, 11) is -4.16. The SMILES string of the molecule is CC[N+](CC)(CC)S(=O)(=O)OCC(=O)[C@@]1(O)[C@H](C)C[C@H]2[C@@H]3CCC4=CC(=O)C=C[C@]4(C)[C@@]3(F)[C@@H](O)C[C@@]21C. The molecule has 4 aliphatic rings. The van der Waals surface area contributed by atoms with Crippen molar-refractivity contribution < 1.29 is 40.7 Å². The van der Waals surface area contributed by atoms with Gasteiger partial charge in [-0.15, -0.1) is 8.42 Å². The molecule has 214 valence electrons. The third kappa shape index (κ3) is 3.56. The number of alkyl halides is 1. The Labute approximate surface area is 225 Å². The number of carbonyl (C=O) groups excluding carboxylic acids is 2. The van der Waals surface area contributed by atoms with Crippen LogP contribution in [0.5, 0.6) is 0 Å². The molecule has 0 unspecified atom stereocenters. The number of aliphatic hydroxyl groups excluding tert-OH is 1. The van der Waals surface area contributed by atoms with Gasteiger partial charge in [0, 0.05) is 16.7 Å². The van der Waals surface area contributed by atoms with Crippen molar-refractivity contribution in [2.45, 2.75) is 84.6 Å². The summed E-state index contributed by atoms with van der Waals surface area (Å²) in [5, 5.41) is 23.5. The highest BCUT2D eigenvalue weighted by Crippen LogP contribution is 2.70. The molecular weight excluding hydrogens is 513 g/mol. The zero-order valence-corrected chi connectivity index (χ0v) is 24.2. The Kier molecular flexibility index (Phi) is 7.22. The molecule has 0 heterocycles. The maximum Gasteiger partial charge on any atom is 0.435 e. The molecule has 0 radical (unpaired) electrons. The van der Waals surface area contributed by atoms with Crippen molar-refractivity contribution in [3.05, 3.63) is 23.8 Å². The van der Waals surface area contributed by atoms with Gasteiger partial charge in [-0.2, -0.15) is 3.89 Å². The molecule has 0 spiro atoms. The van der Waals surface area contributed by atoms with E-state index in [4.69, 9.17) is 4.18 Å². The number of nitrogens with zero attached hydrogens (tertiary/aromatic N) is 1. The second-order valence-electron chi connectivity index (χ2n) is 12.3. The number of ketones is 2. The van der Waals surface area contributed by atoms with Gasteiger partial charge in [0.15, 0.2) is 17.2 Å². The van der Waals surface area contributed by atoms with Crippen LogP contribution in [-0.2, 0) is 24.1 Å². The number of Topliss-reactive ketones (excluding diaryl/α,β-unsaturated/α-hetero) is 1. The molecule has 0 bridgehead atoms. The van der Waals surface area contributed by atoms with E-state index in [9.17, 15) is 28.2 Å². The Morgan fingerprint density at radius 1 is 1.18 bits per heavy atom. The summed E-state index contributed by atoms with van der Waals surface area (Å²) in [6.07, 6.45) is 3.92. The lowest BCUT2D eigenvalue weighted by molar-refractivity contribution is -0.805. The highest BCUT2D eigenvalue weighted by Gasteiger charge is 2.75. The Bertz CT molecular complexity index is 1170. The van der Waals surface area contributed by atoms with Crippen LogP contribution in [0.3, 0.4) is 0 Å². The van der Waals surface area contributed by atoms with E-state index in [1.807, 2.05) is 0 Å². The van der Waals surface area contributed by atoms with Gasteiger partial charge in [0.25, 0.3) is 0 Å². The van der Waals surface area contributed by atoms with E-state index in [0.29, 0.717) is 24.8 Å². The normalized spacial score (nSPS) is 42.8. The number of hydrogen-bond donors (Lipinski definition) is 2. The largest absolute Gasteiger partial charge is 0.435 e. The maximum atomic E-state index is 17.3. The zero-order chi connectivity index (χ0) is 28.5. The highest BCUT2D eigenvalue weighted by molar-refractivity contribution is 7.81. The first-order chi connectivity index (χ1) is 17.5. The summed E-state index contributed by atoms with van der Waals surface area (Å²) in [5.74, 6) is -2.64. The quantitative estimate of drug-likeness (QED) is 0.441. The van der Waals surface area contributed by atoms with Gasteiger partial charge in [-0.05, 0) is 77.4 Å². The minimum atomic E-state index is -4.16. The molecule has 4 rings (SSSR count). The van der Waals surface area contributed by atoms with Crippen molar-refractivity contribution in [1.29, 1.82) is 0 Å². The van der Waals surface area contributed by atoms with Crippen LogP contribution >= 0.6 is 0 Å². The Balaban J connectivity index is 1.67. The van der Waals surface area contributed by atoms with Crippen LogP contribution in [0.2, 0.25) is 0 Å². The fourth-order valence-corrected chi connectivity index (χ4v) is 10.1. The van der Waals surface area contributed by atoms with Gasteiger partial charge in [-0.25, -0.2) is 8.57 Å². The first-order valence-electron chi connectivity index (χ1n) is 13.9. The zero-order valence-electron chi connectivity index (χ0n) is 23.4. The molecule has 3 saturated carbocycles. The van der Waals surface area contributed by atoms with Gasteiger partial charge in [0.05, 0.1) is 25.7 Å². The molecule has 0 aromatic heterocycles. The summed E-state index contributed by atoms with van der Waals surface area (Å²) in [6.45, 7) is 10.4.